The van der Waals surface area contributed by atoms with E-state index in [4.69, 9.17) is 24.9 Å². The summed E-state index contributed by atoms with van der Waals surface area (Å²) in [7, 11) is 1.57. The normalized spacial score (nSPS) is 21.9. The third-order valence-corrected chi connectivity index (χ3v) is 4.49. The highest BCUT2D eigenvalue weighted by Crippen LogP contribution is 2.51. The van der Waals surface area contributed by atoms with Gasteiger partial charge in [-0.05, 0) is 18.2 Å². The molecule has 0 bridgehead atoms. The van der Waals surface area contributed by atoms with Crippen molar-refractivity contribution in [2.45, 2.75) is 5.54 Å². The van der Waals surface area contributed by atoms with Gasteiger partial charge in [-0.1, -0.05) is 15.9 Å². The largest absolute Gasteiger partial charge is 0.481 e. The van der Waals surface area contributed by atoms with Crippen molar-refractivity contribution >= 4 is 21.8 Å². The molecule has 1 aromatic carbocycles. The van der Waals surface area contributed by atoms with Gasteiger partial charge < -0.3 is 19.9 Å². The van der Waals surface area contributed by atoms with E-state index in [2.05, 4.69) is 20.9 Å². The summed E-state index contributed by atoms with van der Waals surface area (Å²) >= 11 is 3.51. The molecule has 0 saturated heterocycles. The number of benzene rings is 1. The van der Waals surface area contributed by atoms with Crippen LogP contribution >= 0.6 is 15.9 Å². The second-order valence-corrected chi connectivity index (χ2v) is 6.34. The summed E-state index contributed by atoms with van der Waals surface area (Å²) in [6.45, 7) is 0.699. The van der Waals surface area contributed by atoms with Crippen LogP contribution in [0.5, 0.6) is 17.4 Å². The monoisotopic (exact) mass is 375 g/mol. The van der Waals surface area contributed by atoms with E-state index in [-0.39, 0.29) is 0 Å². The lowest BCUT2D eigenvalue weighted by Crippen LogP contribution is -2.42. The summed E-state index contributed by atoms with van der Waals surface area (Å²) in [5, 5.41) is 0. The van der Waals surface area contributed by atoms with Crippen molar-refractivity contribution in [1.82, 2.24) is 4.98 Å². The first kappa shape index (κ1) is 14.5. The molecule has 0 aliphatic carbocycles. The van der Waals surface area contributed by atoms with Gasteiger partial charge in [0.25, 0.3) is 0 Å². The quantitative estimate of drug-likeness (QED) is 0.828. The first-order chi connectivity index (χ1) is 11.1. The van der Waals surface area contributed by atoms with Crippen LogP contribution in [0, 0.1) is 0 Å². The van der Waals surface area contributed by atoms with Gasteiger partial charge in [0.15, 0.2) is 5.75 Å². The maximum absolute atomic E-state index is 5.99. The van der Waals surface area contributed by atoms with Crippen LogP contribution < -0.4 is 15.2 Å². The molecule has 23 heavy (non-hydrogen) atoms. The molecule has 6 nitrogen and oxygen atoms in total. The lowest BCUT2D eigenvalue weighted by Gasteiger charge is -2.39. The smallest absolute Gasteiger partial charge is 0.213 e. The Labute approximate surface area is 141 Å². The Morgan fingerprint density at radius 1 is 1.26 bits per heavy atom. The van der Waals surface area contributed by atoms with Gasteiger partial charge in [-0.2, -0.15) is 0 Å². The molecule has 1 spiro atoms. The van der Waals surface area contributed by atoms with Crippen molar-refractivity contribution in [2.24, 2.45) is 10.7 Å². The number of methoxy groups -OCH3 is 1. The maximum atomic E-state index is 5.99. The van der Waals surface area contributed by atoms with Crippen LogP contribution in [0.25, 0.3) is 0 Å². The summed E-state index contributed by atoms with van der Waals surface area (Å²) in [6, 6.07) is 7.63. The van der Waals surface area contributed by atoms with E-state index in [1.807, 2.05) is 24.3 Å². The minimum Gasteiger partial charge on any atom is -0.481 e. The minimum absolute atomic E-state index is 0.323. The van der Waals surface area contributed by atoms with Crippen molar-refractivity contribution < 1.29 is 14.2 Å². The zero-order valence-electron chi connectivity index (χ0n) is 12.4. The fourth-order valence-corrected chi connectivity index (χ4v) is 3.37. The van der Waals surface area contributed by atoms with Crippen LogP contribution in [-0.2, 0) is 10.3 Å². The van der Waals surface area contributed by atoms with Crippen LogP contribution in [-0.4, -0.2) is 31.1 Å². The average molecular weight is 376 g/mol. The second-order valence-electron chi connectivity index (χ2n) is 5.42. The van der Waals surface area contributed by atoms with Gasteiger partial charge in [0.05, 0.1) is 19.9 Å². The van der Waals surface area contributed by atoms with Crippen molar-refractivity contribution in [3.63, 3.8) is 0 Å². The molecular formula is C16H14BrN3O3. The number of ether oxygens (including phenoxy) is 3. The van der Waals surface area contributed by atoms with Crippen molar-refractivity contribution in [3.8, 4) is 17.4 Å². The zero-order valence-corrected chi connectivity index (χ0v) is 14.0. The minimum atomic E-state index is -0.759. The Morgan fingerprint density at radius 3 is 2.87 bits per heavy atom. The summed E-state index contributed by atoms with van der Waals surface area (Å²) in [6.07, 6.45) is 1.64. The van der Waals surface area contributed by atoms with Gasteiger partial charge >= 0.3 is 0 Å². The first-order valence-electron chi connectivity index (χ1n) is 7.07. The molecule has 0 radical (unpaired) electrons. The van der Waals surface area contributed by atoms with Crippen LogP contribution in [0.1, 0.15) is 11.1 Å². The molecule has 2 aliphatic heterocycles. The highest BCUT2D eigenvalue weighted by molar-refractivity contribution is 9.10. The van der Waals surface area contributed by atoms with Gasteiger partial charge in [0.1, 0.15) is 23.7 Å². The fraction of sp³-hybridized carbons (Fsp3) is 0.250. The van der Waals surface area contributed by atoms with Gasteiger partial charge in [0, 0.05) is 21.7 Å². The summed E-state index contributed by atoms with van der Waals surface area (Å²) in [5.41, 5.74) is 6.96. The molecule has 3 heterocycles. The third-order valence-electron chi connectivity index (χ3n) is 4.00. The molecular weight excluding hydrogens is 362 g/mol. The van der Waals surface area contributed by atoms with E-state index < -0.39 is 5.54 Å². The number of fused-ring (bicyclic) bond motifs is 4. The Morgan fingerprint density at radius 2 is 2.09 bits per heavy atom. The lowest BCUT2D eigenvalue weighted by atomic mass is 9.81. The van der Waals surface area contributed by atoms with E-state index in [0.717, 1.165) is 21.3 Å². The molecule has 2 aromatic rings. The van der Waals surface area contributed by atoms with Crippen molar-refractivity contribution in [2.75, 3.05) is 20.3 Å². The van der Waals surface area contributed by atoms with E-state index in [0.29, 0.717) is 30.7 Å². The summed E-state index contributed by atoms with van der Waals surface area (Å²) in [4.78, 5) is 8.98. The molecule has 1 aromatic heterocycles. The first-order valence-corrected chi connectivity index (χ1v) is 7.86. The SMILES string of the molecule is COc1cc2c(cn1)Oc1ccc(Br)cc1C21COCC(N)=N1. The van der Waals surface area contributed by atoms with Gasteiger partial charge in [-0.15, -0.1) is 0 Å². The standard InChI is InChI=1S/C16H14BrN3O3/c1-21-15-5-11-13(6-19-15)23-12-3-2-9(17)4-10(12)16(11)8-22-7-14(18)20-16/h2-6H,7-8H2,1H3,(H2,18,20). The molecule has 2 N–H and O–H groups in total. The molecule has 1 atom stereocenters. The molecule has 0 saturated carbocycles. The highest BCUT2D eigenvalue weighted by Gasteiger charge is 2.45. The average Bonchev–Trinajstić information content (AvgIpc) is 2.56. The highest BCUT2D eigenvalue weighted by atomic mass is 79.9. The molecule has 118 valence electrons. The number of pyridine rings is 1. The number of aromatic nitrogens is 1. The number of halogens is 1. The van der Waals surface area contributed by atoms with E-state index >= 15 is 0 Å². The second kappa shape index (κ2) is 5.21. The van der Waals surface area contributed by atoms with Crippen LogP contribution in [0.2, 0.25) is 0 Å². The maximum Gasteiger partial charge on any atom is 0.213 e. The Kier molecular flexibility index (Phi) is 3.28. The molecule has 2 aliphatic rings. The summed E-state index contributed by atoms with van der Waals surface area (Å²) < 4.78 is 17.9. The predicted molar refractivity (Wildman–Crippen MR) is 88.2 cm³/mol. The topological polar surface area (TPSA) is 79.0 Å². The molecule has 0 amide bonds. The van der Waals surface area contributed by atoms with Gasteiger partial charge in [-0.25, -0.2) is 4.98 Å². The number of rotatable bonds is 1. The fourth-order valence-electron chi connectivity index (χ4n) is 3.01. The molecule has 4 rings (SSSR count). The number of nitrogens with two attached hydrogens (primary N) is 1. The third kappa shape index (κ3) is 2.19. The molecule has 0 fully saturated rings. The predicted octanol–water partition coefficient (Wildman–Crippen LogP) is 2.59. The van der Waals surface area contributed by atoms with E-state index in [9.17, 15) is 0 Å². The molecule has 7 heteroatoms. The van der Waals surface area contributed by atoms with Crippen LogP contribution in [0.4, 0.5) is 0 Å². The van der Waals surface area contributed by atoms with Crippen LogP contribution in [0.3, 0.4) is 0 Å². The van der Waals surface area contributed by atoms with Gasteiger partial charge in [0.2, 0.25) is 5.88 Å². The number of aliphatic imine (C=N–C) groups is 1. The Hall–Kier alpha value is -2.12. The summed E-state index contributed by atoms with van der Waals surface area (Å²) in [5.74, 6) is 2.28. The van der Waals surface area contributed by atoms with Crippen molar-refractivity contribution in [3.05, 3.63) is 46.1 Å². The zero-order chi connectivity index (χ0) is 16.0. The number of hydrogen-bond donors (Lipinski definition) is 1. The lowest BCUT2D eigenvalue weighted by molar-refractivity contribution is 0.109. The van der Waals surface area contributed by atoms with Crippen LogP contribution in [0.15, 0.2) is 39.9 Å². The number of amidine groups is 1. The van der Waals surface area contributed by atoms with Gasteiger partial charge in [-0.3, -0.25) is 4.99 Å². The number of hydrogen-bond acceptors (Lipinski definition) is 6. The number of nitrogens with zero attached hydrogens (tertiary/aromatic N) is 2. The molecule has 1 unspecified atom stereocenters. The Balaban J connectivity index is 2.03. The van der Waals surface area contributed by atoms with E-state index in [1.54, 1.807) is 13.3 Å². The van der Waals surface area contributed by atoms with Crippen molar-refractivity contribution in [1.29, 1.82) is 0 Å². The Bertz CT molecular complexity index is 824. The van der Waals surface area contributed by atoms with E-state index in [1.165, 1.54) is 0 Å².